The molecule has 6 aromatic heterocycles. The Kier molecular flexibility index (Phi) is 20.8. The molecule has 528 valence electrons. The predicted octanol–water partition coefficient (Wildman–Crippen LogP) is 9.39. The maximum atomic E-state index is 14.4. The van der Waals surface area contributed by atoms with Gasteiger partial charge in [-0.25, -0.2) is 52.7 Å². The SMILES string of the molecule is CC1(C)OB(C2=CCOCC2)OC1(C)C.CCOC(=O)c1cn2c(NCc3c(F)ccc4c3CCO4)ncc(Br)c2n1.N#Cc1cn2c(NCc3c(F)ccc4c3CCO4)ncc(N3CCOCC3)c2n1.O=C(O)c1cn2c(NCc3c(F)ccc4c3CCO4)ncc(N3CCOCC3)c2n1. The highest BCUT2D eigenvalue weighted by molar-refractivity contribution is 9.10. The number of nitrogens with one attached hydrogen (secondary N) is 3. The first-order valence-corrected chi connectivity index (χ1v) is 34.0. The third-order valence-corrected chi connectivity index (χ3v) is 19.1. The Morgan fingerprint density at radius 3 is 1.50 bits per heavy atom. The Morgan fingerprint density at radius 2 is 1.05 bits per heavy atom. The fraction of sp³-hybridized carbons (Fsp3) is 0.406. The molecule has 0 atom stereocenters. The first-order valence-electron chi connectivity index (χ1n) is 33.3. The second-order valence-electron chi connectivity index (χ2n) is 25.2. The second kappa shape index (κ2) is 30.2. The van der Waals surface area contributed by atoms with Crippen LogP contribution in [0.25, 0.3) is 16.9 Å². The molecule has 13 heterocycles. The van der Waals surface area contributed by atoms with Gasteiger partial charge in [0.1, 0.15) is 40.8 Å². The molecule has 3 saturated heterocycles. The van der Waals surface area contributed by atoms with E-state index in [1.165, 1.54) is 29.9 Å². The van der Waals surface area contributed by atoms with Crippen molar-refractivity contribution >= 4 is 81.1 Å². The zero-order valence-electron chi connectivity index (χ0n) is 56.2. The van der Waals surface area contributed by atoms with Crippen molar-refractivity contribution in [3.63, 3.8) is 0 Å². The van der Waals surface area contributed by atoms with Gasteiger partial charge in [0, 0.05) is 117 Å². The summed E-state index contributed by atoms with van der Waals surface area (Å²) in [6.07, 6.45) is 14.6. The van der Waals surface area contributed by atoms with Gasteiger partial charge in [-0.15, -0.1) is 0 Å². The number of aromatic carboxylic acids is 1. The molecule has 0 saturated carbocycles. The van der Waals surface area contributed by atoms with Crippen molar-refractivity contribution in [1.82, 2.24) is 43.1 Å². The predicted molar refractivity (Wildman–Crippen MR) is 369 cm³/mol. The van der Waals surface area contributed by atoms with E-state index in [9.17, 15) is 33.1 Å². The van der Waals surface area contributed by atoms with Gasteiger partial charge in [-0.1, -0.05) is 6.08 Å². The number of nitrogens with zero attached hydrogens (tertiary/aromatic N) is 12. The Bertz CT molecular complexity index is 4650. The number of esters is 1. The zero-order valence-corrected chi connectivity index (χ0v) is 57.8. The number of carboxylic acids is 1. The average Bonchev–Trinajstić information content (AvgIpc) is 1.70. The van der Waals surface area contributed by atoms with Crippen LogP contribution >= 0.6 is 15.9 Å². The summed E-state index contributed by atoms with van der Waals surface area (Å²) in [5, 5.41) is 28.2. The summed E-state index contributed by atoms with van der Waals surface area (Å²) in [6, 6.07) is 11.3. The Balaban J connectivity index is 0.000000123. The average molecular weight is 1450 g/mol. The van der Waals surface area contributed by atoms with Gasteiger partial charge in [0.2, 0.25) is 17.8 Å². The third kappa shape index (κ3) is 14.9. The first kappa shape index (κ1) is 69.7. The maximum absolute atomic E-state index is 14.4. The Morgan fingerprint density at radius 1 is 0.604 bits per heavy atom. The number of benzene rings is 3. The lowest BCUT2D eigenvalue weighted by Gasteiger charge is -2.32. The summed E-state index contributed by atoms with van der Waals surface area (Å²) in [7, 11) is -0.182. The van der Waals surface area contributed by atoms with Gasteiger partial charge in [-0.05, 0) is 98.8 Å². The molecule has 9 aromatic rings. The monoisotopic (exact) mass is 1450 g/mol. The molecule has 0 unspecified atom stereocenters. The van der Waals surface area contributed by atoms with E-state index in [4.69, 9.17) is 42.5 Å². The van der Waals surface area contributed by atoms with E-state index in [1.54, 1.807) is 69.3 Å². The summed E-state index contributed by atoms with van der Waals surface area (Å²) >= 11 is 3.38. The molecule has 0 amide bonds. The smallest absolute Gasteiger partial charge is 0.490 e. The molecule has 0 bridgehead atoms. The molecule has 16 rings (SSSR count). The topological polar surface area (TPSA) is 294 Å². The number of imidazole rings is 3. The number of rotatable bonds is 15. The fourth-order valence-electron chi connectivity index (χ4n) is 12.6. The Labute approximate surface area is 587 Å². The minimum Gasteiger partial charge on any atom is -0.493 e. The fourth-order valence-corrected chi connectivity index (χ4v) is 12.9. The van der Waals surface area contributed by atoms with Crippen molar-refractivity contribution in [1.29, 1.82) is 5.26 Å². The van der Waals surface area contributed by atoms with Crippen LogP contribution in [0.1, 0.15) is 101 Å². The van der Waals surface area contributed by atoms with Crippen molar-refractivity contribution in [2.45, 2.75) is 91.1 Å². The van der Waals surface area contributed by atoms with Crippen molar-refractivity contribution in [3.05, 3.63) is 158 Å². The Hall–Kier alpha value is -9.78. The van der Waals surface area contributed by atoms with E-state index < -0.39 is 11.9 Å². The molecule has 4 N–H and O–H groups in total. The molecule has 3 aromatic carbocycles. The van der Waals surface area contributed by atoms with Crippen LogP contribution < -0.4 is 40.0 Å². The first-order chi connectivity index (χ1) is 48.9. The van der Waals surface area contributed by atoms with E-state index >= 15 is 0 Å². The van der Waals surface area contributed by atoms with Gasteiger partial charge in [-0.2, -0.15) is 5.26 Å². The standard InChI is InChI=1S/C20H19FN6O2.C20H20FN5O4.C18H16BrFN4O3.C11H19BO3/c21-16-1-2-18-14(3-6-29-18)15(16)10-23-20-24-11-17(26-4-7-28-8-5-26)19-25-13(9-22)12-27(19)20;21-14-1-2-17-12(3-6-30-17)13(14)9-22-20-23-10-16(25-4-7-29-8-5-25)18-24-15(19(27)28)11-26(18)20;1-2-26-17(25)14-9-24-16(23-14)12(19)8-22-18(24)21-7-11-10-5-6-27-15(10)4-3-13(11)20;1-10(2)11(3,4)15-12(14-10)9-5-7-13-8-6-9/h1-2,11-12H,3-8,10H2,(H,23,24);1-2,10-11H,3-9H2,(H,22,23)(H,27,28);3-4,8-9H,2,5-7H2,1H3,(H,21,22);5H,6-8H2,1-4H3. The number of halogens is 4. The number of aromatic nitrogens is 9. The largest absolute Gasteiger partial charge is 0.493 e. The number of carbonyl (C=O) groups excluding carboxylic acids is 1. The molecule has 0 spiro atoms. The zero-order chi connectivity index (χ0) is 70.5. The van der Waals surface area contributed by atoms with Crippen LogP contribution in [0.15, 0.2) is 89.6 Å². The highest BCUT2D eigenvalue weighted by atomic mass is 79.9. The molecule has 101 heavy (non-hydrogen) atoms. The third-order valence-electron chi connectivity index (χ3n) is 18.6. The van der Waals surface area contributed by atoms with Crippen LogP contribution in [0.4, 0.5) is 42.4 Å². The summed E-state index contributed by atoms with van der Waals surface area (Å²) < 4.78 is 98.4. The van der Waals surface area contributed by atoms with Crippen LogP contribution in [0.2, 0.25) is 0 Å². The highest BCUT2D eigenvalue weighted by Crippen LogP contribution is 2.40. The summed E-state index contributed by atoms with van der Waals surface area (Å²) in [4.78, 5) is 54.0. The summed E-state index contributed by atoms with van der Waals surface area (Å²) in [6.45, 7) is 19.3. The number of nitriles is 1. The lowest BCUT2D eigenvalue weighted by Crippen LogP contribution is -2.41. The minimum atomic E-state index is -1.12. The van der Waals surface area contributed by atoms with E-state index in [0.717, 1.165) is 59.9 Å². The molecule has 27 nitrogen and oxygen atoms in total. The number of hydrogen-bond acceptors (Lipinski definition) is 23. The van der Waals surface area contributed by atoms with Gasteiger partial charge in [0.15, 0.2) is 34.0 Å². The summed E-state index contributed by atoms with van der Waals surface area (Å²) in [5.74, 6) is 0.961. The van der Waals surface area contributed by atoms with Gasteiger partial charge in [0.05, 0.1) is 112 Å². The molecule has 32 heteroatoms. The number of carbonyl (C=O) groups is 2. The van der Waals surface area contributed by atoms with Gasteiger partial charge < -0.3 is 73.3 Å². The van der Waals surface area contributed by atoms with E-state index in [0.29, 0.717) is 158 Å². The van der Waals surface area contributed by atoms with Crippen LogP contribution in [0.3, 0.4) is 0 Å². The van der Waals surface area contributed by atoms with Crippen LogP contribution in [-0.4, -0.2) is 171 Å². The molecule has 7 aliphatic heterocycles. The van der Waals surface area contributed by atoms with Gasteiger partial charge in [-0.3, -0.25) is 13.2 Å². The van der Waals surface area contributed by atoms with E-state index in [2.05, 4.69) is 111 Å². The number of hydrogen-bond donors (Lipinski definition) is 4. The van der Waals surface area contributed by atoms with Crippen LogP contribution in [0.5, 0.6) is 17.2 Å². The minimum absolute atomic E-state index is 0.0826. The highest BCUT2D eigenvalue weighted by Gasteiger charge is 2.52. The lowest BCUT2D eigenvalue weighted by atomic mass is 9.75. The normalized spacial score (nSPS) is 17.0. The number of morpholine rings is 2. The molecule has 0 radical (unpaired) electrons. The van der Waals surface area contributed by atoms with Gasteiger partial charge in [0.25, 0.3) is 0 Å². The second-order valence-corrected chi connectivity index (χ2v) is 26.1. The molecule has 7 aliphatic rings. The quantitative estimate of drug-likeness (QED) is 0.0549. The number of anilines is 5. The lowest BCUT2D eigenvalue weighted by molar-refractivity contribution is 0.00578. The molecular formula is C69H74BBrF3N15O12. The summed E-state index contributed by atoms with van der Waals surface area (Å²) in [5.41, 5.74) is 8.61. The maximum Gasteiger partial charge on any atom is 0.490 e. The van der Waals surface area contributed by atoms with Crippen molar-refractivity contribution in [3.8, 4) is 23.3 Å². The number of fused-ring (bicyclic) bond motifs is 6. The van der Waals surface area contributed by atoms with Crippen molar-refractivity contribution < 1.29 is 70.3 Å². The molecular weight excluding hydrogens is 1380 g/mol. The van der Waals surface area contributed by atoms with Gasteiger partial charge >= 0.3 is 19.1 Å². The van der Waals surface area contributed by atoms with E-state index in [1.807, 2.05) is 0 Å². The van der Waals surface area contributed by atoms with E-state index in [-0.39, 0.29) is 73.4 Å². The van der Waals surface area contributed by atoms with Crippen molar-refractivity contribution in [2.24, 2.45) is 0 Å². The number of carboxylic acid groups (broad SMARTS) is 1. The van der Waals surface area contributed by atoms with Crippen molar-refractivity contribution in [2.75, 3.05) is 118 Å². The molecule has 3 fully saturated rings. The van der Waals surface area contributed by atoms with Crippen LogP contribution in [0, 0.1) is 28.8 Å². The van der Waals surface area contributed by atoms with Crippen LogP contribution in [-0.2, 0) is 67.2 Å². The number of ether oxygens (including phenoxy) is 7. The molecule has 0 aliphatic carbocycles.